The van der Waals surface area contributed by atoms with Crippen LogP contribution in [-0.2, 0) is 22.4 Å². The Morgan fingerprint density at radius 2 is 1.48 bits per heavy atom. The van der Waals surface area contributed by atoms with Crippen LogP contribution >= 0.6 is 0 Å². The predicted molar refractivity (Wildman–Crippen MR) is 96.0 cm³/mol. The van der Waals surface area contributed by atoms with Gasteiger partial charge >= 0.3 is 0 Å². The Morgan fingerprint density at radius 1 is 0.920 bits per heavy atom. The molecule has 0 fully saturated rings. The van der Waals surface area contributed by atoms with Gasteiger partial charge in [0.15, 0.2) is 0 Å². The summed E-state index contributed by atoms with van der Waals surface area (Å²) in [6.07, 6.45) is 1.84. The first kappa shape index (κ1) is 18.7. The van der Waals surface area contributed by atoms with E-state index in [0.717, 1.165) is 18.4 Å². The van der Waals surface area contributed by atoms with Gasteiger partial charge in [-0.2, -0.15) is 0 Å². The van der Waals surface area contributed by atoms with Gasteiger partial charge in [-0.05, 0) is 37.3 Å². The van der Waals surface area contributed by atoms with Crippen LogP contribution in [0.2, 0.25) is 0 Å². The number of benzene rings is 2. The molecule has 0 spiro atoms. The third-order valence-corrected chi connectivity index (χ3v) is 4.27. The number of aryl methyl sites for hydroxylation is 1. The number of hydroxylamine groups is 1. The molecule has 0 aliphatic heterocycles. The van der Waals surface area contributed by atoms with Gasteiger partial charge in [-0.25, -0.2) is 5.48 Å². The molecule has 0 heterocycles. The summed E-state index contributed by atoms with van der Waals surface area (Å²) in [5.41, 5.74) is 2.31. The first-order valence-electron chi connectivity index (χ1n) is 8.37. The Kier molecular flexibility index (Phi) is 6.71. The number of rotatable bonds is 8. The van der Waals surface area contributed by atoms with E-state index in [-0.39, 0.29) is 6.42 Å². The minimum absolute atomic E-state index is 0.213. The highest BCUT2D eigenvalue weighted by Crippen LogP contribution is 2.23. The van der Waals surface area contributed by atoms with E-state index in [1.807, 2.05) is 60.7 Å². The maximum atomic E-state index is 12.6. The van der Waals surface area contributed by atoms with Crippen LogP contribution in [0.4, 0.5) is 0 Å². The molecule has 2 aromatic rings. The van der Waals surface area contributed by atoms with Gasteiger partial charge in [-0.1, -0.05) is 60.7 Å². The Balaban J connectivity index is 1.94. The van der Waals surface area contributed by atoms with Crippen molar-refractivity contribution in [1.29, 1.82) is 0 Å². The molecule has 0 bridgehead atoms. The summed E-state index contributed by atoms with van der Waals surface area (Å²) in [5.74, 6) is -1.10. The second kappa shape index (κ2) is 8.99. The van der Waals surface area contributed by atoms with Crippen LogP contribution in [0.25, 0.3) is 0 Å². The smallest absolute Gasteiger partial charge is 0.259 e. The molecule has 0 radical (unpaired) electrons. The standard InChI is InChI=1S/C20H24N2O3/c1-20(19(24)22-25,15-17-11-6-3-7-12-17)18(23)21-14-8-13-16-9-4-2-5-10-16/h2-7,9-12,25H,8,13-15H2,1H3,(H,21,23)(H,22,24)/t20-/m1/s1. The molecule has 0 aliphatic rings. The van der Waals surface area contributed by atoms with Gasteiger partial charge in [-0.3, -0.25) is 14.8 Å². The molecule has 5 heteroatoms. The van der Waals surface area contributed by atoms with Crippen LogP contribution in [0, 0.1) is 5.41 Å². The fourth-order valence-electron chi connectivity index (χ4n) is 2.73. The van der Waals surface area contributed by atoms with Gasteiger partial charge in [0.2, 0.25) is 5.91 Å². The van der Waals surface area contributed by atoms with E-state index in [2.05, 4.69) is 5.32 Å². The van der Waals surface area contributed by atoms with Crippen molar-refractivity contribution in [3.63, 3.8) is 0 Å². The molecule has 2 amide bonds. The van der Waals surface area contributed by atoms with Gasteiger partial charge in [0, 0.05) is 6.54 Å². The van der Waals surface area contributed by atoms with Gasteiger partial charge in [-0.15, -0.1) is 0 Å². The van der Waals surface area contributed by atoms with E-state index in [1.54, 1.807) is 5.48 Å². The monoisotopic (exact) mass is 340 g/mol. The lowest BCUT2D eigenvalue weighted by Gasteiger charge is -2.26. The van der Waals surface area contributed by atoms with Gasteiger partial charge in [0.05, 0.1) is 0 Å². The van der Waals surface area contributed by atoms with Crippen molar-refractivity contribution >= 4 is 11.8 Å². The highest BCUT2D eigenvalue weighted by Gasteiger charge is 2.41. The van der Waals surface area contributed by atoms with Crippen LogP contribution in [0.5, 0.6) is 0 Å². The van der Waals surface area contributed by atoms with Crippen molar-refractivity contribution in [2.75, 3.05) is 6.54 Å². The average molecular weight is 340 g/mol. The number of hydrogen-bond donors (Lipinski definition) is 3. The number of carbonyl (C=O) groups is 2. The fourth-order valence-corrected chi connectivity index (χ4v) is 2.73. The van der Waals surface area contributed by atoms with Crippen LogP contribution in [0.1, 0.15) is 24.5 Å². The second-order valence-corrected chi connectivity index (χ2v) is 6.28. The molecule has 132 valence electrons. The lowest BCUT2D eigenvalue weighted by molar-refractivity contribution is -0.148. The lowest BCUT2D eigenvalue weighted by Crippen LogP contribution is -2.50. The van der Waals surface area contributed by atoms with Crippen LogP contribution in [0.15, 0.2) is 60.7 Å². The molecule has 0 unspecified atom stereocenters. The third kappa shape index (κ3) is 5.16. The second-order valence-electron chi connectivity index (χ2n) is 6.28. The summed E-state index contributed by atoms with van der Waals surface area (Å²) in [7, 11) is 0. The van der Waals surface area contributed by atoms with Crippen LogP contribution < -0.4 is 10.8 Å². The van der Waals surface area contributed by atoms with Gasteiger partial charge in [0.1, 0.15) is 5.41 Å². The summed E-state index contributed by atoms with van der Waals surface area (Å²) in [5, 5.41) is 11.9. The minimum Gasteiger partial charge on any atom is -0.355 e. The number of carbonyl (C=O) groups excluding carboxylic acids is 2. The van der Waals surface area contributed by atoms with Crippen LogP contribution in [-0.4, -0.2) is 23.6 Å². The van der Waals surface area contributed by atoms with Crippen molar-refractivity contribution in [2.45, 2.75) is 26.2 Å². The zero-order valence-electron chi connectivity index (χ0n) is 14.4. The Morgan fingerprint density at radius 3 is 2.04 bits per heavy atom. The van der Waals surface area contributed by atoms with E-state index in [1.165, 1.54) is 12.5 Å². The van der Waals surface area contributed by atoms with E-state index in [9.17, 15) is 9.59 Å². The Hall–Kier alpha value is -2.66. The fraction of sp³-hybridized carbons (Fsp3) is 0.300. The maximum absolute atomic E-state index is 12.6. The molecular weight excluding hydrogens is 316 g/mol. The molecule has 25 heavy (non-hydrogen) atoms. The van der Waals surface area contributed by atoms with Crippen molar-refractivity contribution in [2.24, 2.45) is 5.41 Å². The zero-order valence-corrected chi connectivity index (χ0v) is 14.4. The highest BCUT2D eigenvalue weighted by atomic mass is 16.5. The van der Waals surface area contributed by atoms with Crippen molar-refractivity contribution in [3.05, 3.63) is 71.8 Å². The maximum Gasteiger partial charge on any atom is 0.259 e. The van der Waals surface area contributed by atoms with Crippen molar-refractivity contribution in [1.82, 2.24) is 10.8 Å². The zero-order chi connectivity index (χ0) is 18.1. The Bertz CT molecular complexity index is 689. The largest absolute Gasteiger partial charge is 0.355 e. The molecule has 2 aromatic carbocycles. The molecule has 3 N–H and O–H groups in total. The molecular formula is C20H24N2O3. The summed E-state index contributed by atoms with van der Waals surface area (Å²) in [4.78, 5) is 24.7. The number of hydrogen-bond acceptors (Lipinski definition) is 3. The SMILES string of the molecule is C[C@](Cc1ccccc1)(C(=O)NO)C(=O)NCCCc1ccccc1. The molecule has 5 nitrogen and oxygen atoms in total. The van der Waals surface area contributed by atoms with E-state index in [4.69, 9.17) is 5.21 Å². The molecule has 0 aromatic heterocycles. The van der Waals surface area contributed by atoms with Gasteiger partial charge < -0.3 is 5.32 Å². The first-order valence-corrected chi connectivity index (χ1v) is 8.37. The molecule has 1 atom stereocenters. The highest BCUT2D eigenvalue weighted by molar-refractivity contribution is 6.04. The average Bonchev–Trinajstić information content (AvgIpc) is 2.65. The number of nitrogens with one attached hydrogen (secondary N) is 2. The van der Waals surface area contributed by atoms with E-state index < -0.39 is 17.2 Å². The normalized spacial score (nSPS) is 12.9. The molecule has 0 aliphatic carbocycles. The minimum atomic E-state index is -1.37. The first-order chi connectivity index (χ1) is 12.1. The van der Waals surface area contributed by atoms with Crippen molar-refractivity contribution < 1.29 is 14.8 Å². The predicted octanol–water partition coefficient (Wildman–Crippen LogP) is 2.49. The third-order valence-electron chi connectivity index (χ3n) is 4.27. The van der Waals surface area contributed by atoms with E-state index in [0.29, 0.717) is 6.54 Å². The summed E-state index contributed by atoms with van der Waals surface area (Å²) < 4.78 is 0. The van der Waals surface area contributed by atoms with Gasteiger partial charge in [0.25, 0.3) is 5.91 Å². The Labute approximate surface area is 148 Å². The molecule has 0 saturated heterocycles. The summed E-state index contributed by atoms with van der Waals surface area (Å²) in [6.45, 7) is 2.01. The van der Waals surface area contributed by atoms with Crippen molar-refractivity contribution in [3.8, 4) is 0 Å². The molecule has 0 saturated carbocycles. The molecule has 2 rings (SSSR count). The lowest BCUT2D eigenvalue weighted by atomic mass is 9.81. The summed E-state index contributed by atoms with van der Waals surface area (Å²) in [6, 6.07) is 19.3. The quantitative estimate of drug-likeness (QED) is 0.299. The summed E-state index contributed by atoms with van der Waals surface area (Å²) >= 11 is 0. The topological polar surface area (TPSA) is 78.4 Å². The van der Waals surface area contributed by atoms with E-state index >= 15 is 0 Å². The number of amides is 2. The van der Waals surface area contributed by atoms with Crippen LogP contribution in [0.3, 0.4) is 0 Å².